The maximum atomic E-state index is 13.9. The fourth-order valence-electron chi connectivity index (χ4n) is 5.44. The number of likely N-dealkylation sites (tertiary alicyclic amines) is 1. The Morgan fingerprint density at radius 1 is 1.12 bits per heavy atom. The van der Waals surface area contributed by atoms with Crippen LogP contribution in [0.1, 0.15) is 12.0 Å². The number of benzene rings is 1. The first-order valence-corrected chi connectivity index (χ1v) is 11.9. The lowest BCUT2D eigenvalue weighted by Gasteiger charge is -2.35. The number of aliphatic hydroxyl groups excluding tert-OH is 1. The molecule has 4 aliphatic rings. The Bertz CT molecular complexity index is 980. The average Bonchev–Trinajstić information content (AvgIpc) is 3.09. The molecule has 5 atom stereocenters. The summed E-state index contributed by atoms with van der Waals surface area (Å²) in [6, 6.07) is 9.06. The molecule has 1 aromatic rings. The summed E-state index contributed by atoms with van der Waals surface area (Å²) < 4.78 is 4.53. The normalized spacial score (nSPS) is 33.5. The van der Waals surface area contributed by atoms with Crippen LogP contribution < -0.4 is 0 Å². The van der Waals surface area contributed by atoms with Gasteiger partial charge in [0.1, 0.15) is 12.6 Å². The lowest BCUT2D eigenvalue weighted by Crippen LogP contribution is -2.53. The summed E-state index contributed by atoms with van der Waals surface area (Å²) in [7, 11) is 0. The molecule has 5 rings (SSSR count). The summed E-state index contributed by atoms with van der Waals surface area (Å²) in [5.41, 5.74) is 1.02. The summed E-state index contributed by atoms with van der Waals surface area (Å²) in [5.74, 6) is -1.97. The molecule has 1 spiro atoms. The van der Waals surface area contributed by atoms with Crippen LogP contribution in [0.25, 0.3) is 0 Å². The molecule has 1 aromatic carbocycles. The molecule has 0 bridgehead atoms. The van der Waals surface area contributed by atoms with Crippen molar-refractivity contribution in [3.05, 3.63) is 60.2 Å². The van der Waals surface area contributed by atoms with E-state index < -0.39 is 22.6 Å². The quantitative estimate of drug-likeness (QED) is 0.534. The number of hydrogen-bond donors (Lipinski definition) is 1. The van der Waals surface area contributed by atoms with E-state index in [1.165, 1.54) is 11.8 Å². The summed E-state index contributed by atoms with van der Waals surface area (Å²) in [4.78, 5) is 43.8. The molecule has 7 nitrogen and oxygen atoms in total. The second kappa shape index (κ2) is 8.41. The van der Waals surface area contributed by atoms with Crippen molar-refractivity contribution in [1.29, 1.82) is 0 Å². The van der Waals surface area contributed by atoms with Crippen LogP contribution in [-0.2, 0) is 25.7 Å². The second-order valence-electron chi connectivity index (χ2n) is 8.62. The molecule has 2 saturated heterocycles. The molecule has 2 amide bonds. The Morgan fingerprint density at radius 2 is 1.94 bits per heavy atom. The molecule has 8 heteroatoms. The minimum absolute atomic E-state index is 0.0735. The van der Waals surface area contributed by atoms with Gasteiger partial charge < -0.3 is 19.6 Å². The van der Waals surface area contributed by atoms with E-state index in [2.05, 4.69) is 0 Å². The molecule has 2 fully saturated rings. The highest BCUT2D eigenvalue weighted by molar-refractivity contribution is 8.02. The van der Waals surface area contributed by atoms with Gasteiger partial charge in [-0.1, -0.05) is 54.6 Å². The molecule has 0 aromatic heterocycles. The number of amides is 2. The van der Waals surface area contributed by atoms with Crippen molar-refractivity contribution in [2.75, 3.05) is 26.3 Å². The number of esters is 1. The largest absolute Gasteiger partial charge is 0.461 e. The molecule has 4 heterocycles. The number of carbonyl (C=O) groups is 3. The lowest BCUT2D eigenvalue weighted by atomic mass is 9.78. The number of nitrogens with zero attached hydrogens (tertiary/aromatic N) is 2. The minimum Gasteiger partial charge on any atom is -0.461 e. The number of ether oxygens (including phenoxy) is 1. The Morgan fingerprint density at radius 3 is 2.72 bits per heavy atom. The summed E-state index contributed by atoms with van der Waals surface area (Å²) in [6.45, 7) is 1.30. The van der Waals surface area contributed by atoms with Crippen LogP contribution in [0.15, 0.2) is 54.6 Å². The molecule has 0 radical (unpaired) electrons. The van der Waals surface area contributed by atoms with Crippen LogP contribution in [0.5, 0.6) is 0 Å². The Labute approximate surface area is 191 Å². The van der Waals surface area contributed by atoms with Crippen molar-refractivity contribution in [3.63, 3.8) is 0 Å². The van der Waals surface area contributed by atoms with Crippen molar-refractivity contribution in [1.82, 2.24) is 9.80 Å². The van der Waals surface area contributed by atoms with E-state index in [-0.39, 0.29) is 42.8 Å². The number of hydrogen-bond acceptors (Lipinski definition) is 6. The first-order chi connectivity index (χ1) is 15.6. The molecule has 4 aliphatic heterocycles. The Hall–Kier alpha value is -2.58. The first-order valence-electron chi connectivity index (χ1n) is 11.0. The maximum absolute atomic E-state index is 13.9. The number of rotatable bonds is 5. The van der Waals surface area contributed by atoms with Crippen molar-refractivity contribution >= 4 is 29.5 Å². The third kappa shape index (κ3) is 3.28. The molecule has 1 unspecified atom stereocenters. The van der Waals surface area contributed by atoms with Gasteiger partial charge in [0.15, 0.2) is 0 Å². The zero-order chi connectivity index (χ0) is 22.3. The third-order valence-corrected chi connectivity index (χ3v) is 8.51. The zero-order valence-corrected chi connectivity index (χ0v) is 18.4. The number of carbonyl (C=O) groups excluding carboxylic acids is 3. The number of aliphatic hydroxyl groups is 1. The van der Waals surface area contributed by atoms with E-state index in [4.69, 9.17) is 4.74 Å². The topological polar surface area (TPSA) is 87.2 Å². The molecular formula is C24H26N2O5S. The van der Waals surface area contributed by atoms with Crippen LogP contribution >= 0.6 is 11.8 Å². The van der Waals surface area contributed by atoms with Gasteiger partial charge in [-0.3, -0.25) is 14.4 Å². The molecule has 168 valence electrons. The van der Waals surface area contributed by atoms with E-state index in [1.807, 2.05) is 54.6 Å². The zero-order valence-electron chi connectivity index (χ0n) is 17.6. The molecule has 32 heavy (non-hydrogen) atoms. The Kier molecular flexibility index (Phi) is 5.59. The summed E-state index contributed by atoms with van der Waals surface area (Å²) in [5, 5.41) is 9.20. The second-order valence-corrected chi connectivity index (χ2v) is 10.1. The van der Waals surface area contributed by atoms with Crippen molar-refractivity contribution in [3.8, 4) is 0 Å². The fraction of sp³-hybridized carbons (Fsp3) is 0.458. The van der Waals surface area contributed by atoms with E-state index >= 15 is 0 Å². The van der Waals surface area contributed by atoms with Gasteiger partial charge in [0.05, 0.1) is 16.6 Å². The van der Waals surface area contributed by atoms with Gasteiger partial charge >= 0.3 is 5.97 Å². The van der Waals surface area contributed by atoms with Gasteiger partial charge in [0, 0.05) is 31.5 Å². The lowest BCUT2D eigenvalue weighted by molar-refractivity contribution is -0.151. The molecule has 0 aliphatic carbocycles. The highest BCUT2D eigenvalue weighted by atomic mass is 32.2. The number of thioether (sulfide) groups is 1. The highest BCUT2D eigenvalue weighted by Crippen LogP contribution is 2.60. The van der Waals surface area contributed by atoms with Gasteiger partial charge in [-0.2, -0.15) is 0 Å². The minimum atomic E-state index is -0.828. The summed E-state index contributed by atoms with van der Waals surface area (Å²) in [6.07, 6.45) is 8.09. The van der Waals surface area contributed by atoms with Crippen LogP contribution in [-0.4, -0.2) is 75.0 Å². The van der Waals surface area contributed by atoms with Crippen molar-refractivity contribution in [2.24, 2.45) is 11.8 Å². The standard InChI is InChI=1S/C24H26N2O5S/c27-13-6-12-26-20-22(29)25(15-16-7-2-1-3-8-16)11-5-10-24(20)19(21(26)28)18-17(32-24)9-4-14-31-23(18)30/h1-5,7-10,17-20,27H,6,11-15H2/t17-,18+,19+,20?,24+/m1/s1. The maximum Gasteiger partial charge on any atom is 0.311 e. The van der Waals surface area contributed by atoms with E-state index in [9.17, 15) is 19.5 Å². The highest BCUT2D eigenvalue weighted by Gasteiger charge is 2.70. The van der Waals surface area contributed by atoms with Crippen molar-refractivity contribution < 1.29 is 24.2 Å². The SMILES string of the molecule is O=C1OCC=C[C@H]2S[C@]34C=CCN(Cc5ccccc5)C(=O)C3N(CCCO)C(=O)[C@@H]4[C@@H]12. The Balaban J connectivity index is 1.55. The fourth-order valence-corrected chi connectivity index (χ4v) is 7.44. The van der Waals surface area contributed by atoms with E-state index in [0.29, 0.717) is 19.5 Å². The van der Waals surface area contributed by atoms with E-state index in [1.54, 1.807) is 9.80 Å². The van der Waals surface area contributed by atoms with Crippen LogP contribution in [0.3, 0.4) is 0 Å². The number of fused-ring (bicyclic) bond motifs is 2. The molecule has 0 saturated carbocycles. The monoisotopic (exact) mass is 454 g/mol. The van der Waals surface area contributed by atoms with Gasteiger partial charge in [0.25, 0.3) is 0 Å². The molecule has 1 N–H and O–H groups in total. The first kappa shape index (κ1) is 21.3. The van der Waals surface area contributed by atoms with Gasteiger partial charge in [0.2, 0.25) is 11.8 Å². The van der Waals surface area contributed by atoms with Gasteiger partial charge in [-0.05, 0) is 12.0 Å². The molecular weight excluding hydrogens is 428 g/mol. The third-order valence-electron chi connectivity index (χ3n) is 6.77. The van der Waals surface area contributed by atoms with Crippen molar-refractivity contribution in [2.45, 2.75) is 29.0 Å². The average molecular weight is 455 g/mol. The van der Waals surface area contributed by atoms with Gasteiger partial charge in [-0.15, -0.1) is 11.8 Å². The van der Waals surface area contributed by atoms with Crippen LogP contribution in [0, 0.1) is 11.8 Å². The predicted molar refractivity (Wildman–Crippen MR) is 119 cm³/mol. The smallest absolute Gasteiger partial charge is 0.311 e. The predicted octanol–water partition coefficient (Wildman–Crippen LogP) is 1.38. The van der Waals surface area contributed by atoms with Crippen LogP contribution in [0.2, 0.25) is 0 Å². The number of cyclic esters (lactones) is 1. The summed E-state index contributed by atoms with van der Waals surface area (Å²) >= 11 is 1.53. The van der Waals surface area contributed by atoms with E-state index in [0.717, 1.165) is 5.56 Å². The van der Waals surface area contributed by atoms with Gasteiger partial charge in [-0.25, -0.2) is 0 Å². The van der Waals surface area contributed by atoms with Crippen LogP contribution in [0.4, 0.5) is 0 Å².